The van der Waals surface area contributed by atoms with Gasteiger partial charge in [-0.25, -0.2) is 0 Å². The topological polar surface area (TPSA) is 183 Å². The molecule has 0 radical (unpaired) electrons. The van der Waals surface area contributed by atoms with Gasteiger partial charge in [-0.05, 0) is 47.0 Å². The molecule has 11 nitrogen and oxygen atoms in total. The molecular formula is C30H29N5O6. The first-order valence-electron chi connectivity index (χ1n) is 12.8. The largest absolute Gasteiger partial charge is 0.481 e. The molecule has 0 aliphatic rings. The number of benzene rings is 3. The Kier molecular flexibility index (Phi) is 8.78. The first-order valence-corrected chi connectivity index (χ1v) is 12.8. The number of nitrogens with one attached hydrogen (secondary N) is 4. The van der Waals surface area contributed by atoms with Crippen LogP contribution in [-0.2, 0) is 25.6 Å². The first-order chi connectivity index (χ1) is 19.6. The summed E-state index contributed by atoms with van der Waals surface area (Å²) in [6, 6.07) is 19.2. The van der Waals surface area contributed by atoms with Crippen LogP contribution in [-0.4, -0.2) is 51.8 Å². The number of aromatic amines is 1. The van der Waals surface area contributed by atoms with Gasteiger partial charge < -0.3 is 31.8 Å². The predicted octanol–water partition coefficient (Wildman–Crippen LogP) is 2.58. The molecule has 4 rings (SSSR count). The number of para-hydroxylation sites is 1. The van der Waals surface area contributed by atoms with Crippen LogP contribution in [0.25, 0.3) is 22.0 Å². The van der Waals surface area contributed by atoms with E-state index in [4.69, 9.17) is 10.8 Å². The second kappa shape index (κ2) is 12.6. The van der Waals surface area contributed by atoms with Crippen LogP contribution in [0, 0.1) is 0 Å². The zero-order valence-electron chi connectivity index (χ0n) is 22.1. The SMILES string of the molecule is CC(=O)NC(Cc1c[nH]c2ccccc12)C(=O)Nc1ccc(-c2ccc(C(=O)NC(CC(=O)O)C(N)=O)cc2)cc1. The van der Waals surface area contributed by atoms with Gasteiger partial charge in [0.25, 0.3) is 5.91 Å². The number of aromatic nitrogens is 1. The molecule has 0 saturated heterocycles. The normalized spacial score (nSPS) is 12.2. The van der Waals surface area contributed by atoms with Crippen molar-refractivity contribution >= 4 is 46.2 Å². The van der Waals surface area contributed by atoms with Gasteiger partial charge in [-0.15, -0.1) is 0 Å². The van der Waals surface area contributed by atoms with Gasteiger partial charge in [-0.2, -0.15) is 0 Å². The van der Waals surface area contributed by atoms with Gasteiger partial charge in [0, 0.05) is 41.7 Å². The van der Waals surface area contributed by atoms with E-state index in [9.17, 15) is 24.0 Å². The van der Waals surface area contributed by atoms with Crippen molar-refractivity contribution in [1.82, 2.24) is 15.6 Å². The number of hydrogen-bond acceptors (Lipinski definition) is 5. The van der Waals surface area contributed by atoms with E-state index in [2.05, 4.69) is 20.9 Å². The van der Waals surface area contributed by atoms with Crippen LogP contribution in [0.3, 0.4) is 0 Å². The number of carboxylic acids is 1. The Labute approximate surface area is 235 Å². The Morgan fingerprint density at radius 2 is 1.49 bits per heavy atom. The first kappa shape index (κ1) is 28.6. The molecule has 0 saturated carbocycles. The second-order valence-corrected chi connectivity index (χ2v) is 9.49. The van der Waals surface area contributed by atoms with E-state index in [0.717, 1.165) is 27.6 Å². The Morgan fingerprint density at radius 3 is 2.10 bits per heavy atom. The predicted molar refractivity (Wildman–Crippen MR) is 153 cm³/mol. The van der Waals surface area contributed by atoms with Crippen molar-refractivity contribution in [3.8, 4) is 11.1 Å². The van der Waals surface area contributed by atoms with Gasteiger partial charge in [-0.1, -0.05) is 42.5 Å². The average molecular weight is 556 g/mol. The number of rotatable bonds is 11. The van der Waals surface area contributed by atoms with Crippen LogP contribution < -0.4 is 21.7 Å². The number of amides is 4. The Balaban J connectivity index is 1.41. The summed E-state index contributed by atoms with van der Waals surface area (Å²) in [7, 11) is 0. The molecule has 2 atom stereocenters. The Morgan fingerprint density at radius 1 is 0.854 bits per heavy atom. The maximum atomic E-state index is 13.1. The number of aliphatic carboxylic acids is 1. The zero-order chi connectivity index (χ0) is 29.5. The number of hydrogen-bond donors (Lipinski definition) is 6. The molecule has 3 aromatic carbocycles. The maximum absolute atomic E-state index is 13.1. The van der Waals surface area contributed by atoms with Crippen LogP contribution in [0.4, 0.5) is 5.69 Å². The highest BCUT2D eigenvalue weighted by molar-refractivity contribution is 5.99. The van der Waals surface area contributed by atoms with Crippen LogP contribution in [0.2, 0.25) is 0 Å². The van der Waals surface area contributed by atoms with E-state index in [-0.39, 0.29) is 17.4 Å². The van der Waals surface area contributed by atoms with E-state index in [1.807, 2.05) is 30.5 Å². The molecule has 0 aliphatic heterocycles. The lowest BCUT2D eigenvalue weighted by Gasteiger charge is -2.18. The summed E-state index contributed by atoms with van der Waals surface area (Å²) in [5.74, 6) is -3.49. The fraction of sp³-hybridized carbons (Fsp3) is 0.167. The minimum Gasteiger partial charge on any atom is -0.481 e. The lowest BCUT2D eigenvalue weighted by molar-refractivity contribution is -0.139. The quantitative estimate of drug-likeness (QED) is 0.165. The van der Waals surface area contributed by atoms with E-state index in [1.54, 1.807) is 48.5 Å². The zero-order valence-corrected chi connectivity index (χ0v) is 22.1. The molecular weight excluding hydrogens is 526 g/mol. The standard InChI is InChI=1S/C30H29N5O6/c1-17(36)33-26(14-21-16-32-24-5-3-2-4-23(21)24)30(41)34-22-12-10-19(11-13-22)18-6-8-20(9-7-18)29(40)35-25(28(31)39)15-27(37)38/h2-13,16,25-26,32H,14-15H2,1H3,(H2,31,39)(H,33,36)(H,34,41)(H,35,40)(H,37,38). The van der Waals surface area contributed by atoms with Crippen LogP contribution in [0.15, 0.2) is 79.0 Å². The van der Waals surface area contributed by atoms with Crippen molar-refractivity contribution < 1.29 is 29.1 Å². The summed E-state index contributed by atoms with van der Waals surface area (Å²) in [5.41, 5.74) is 9.40. The number of carboxylic acid groups (broad SMARTS) is 1. The smallest absolute Gasteiger partial charge is 0.305 e. The average Bonchev–Trinajstić information content (AvgIpc) is 3.35. The third kappa shape index (κ3) is 7.35. The van der Waals surface area contributed by atoms with Crippen molar-refractivity contribution in [3.05, 3.63) is 90.1 Å². The number of H-pyrrole nitrogens is 1. The maximum Gasteiger partial charge on any atom is 0.305 e. The molecule has 4 amide bonds. The molecule has 210 valence electrons. The third-order valence-electron chi connectivity index (χ3n) is 6.45. The van der Waals surface area contributed by atoms with Crippen molar-refractivity contribution in [3.63, 3.8) is 0 Å². The van der Waals surface area contributed by atoms with Crippen molar-refractivity contribution in [2.45, 2.75) is 31.8 Å². The van der Waals surface area contributed by atoms with Crippen molar-refractivity contribution in [1.29, 1.82) is 0 Å². The second-order valence-electron chi connectivity index (χ2n) is 9.49. The van der Waals surface area contributed by atoms with E-state index in [1.165, 1.54) is 6.92 Å². The van der Waals surface area contributed by atoms with E-state index in [0.29, 0.717) is 12.1 Å². The van der Waals surface area contributed by atoms with Gasteiger partial charge in [0.2, 0.25) is 17.7 Å². The summed E-state index contributed by atoms with van der Waals surface area (Å²) in [5, 5.41) is 17.8. The number of anilines is 1. The summed E-state index contributed by atoms with van der Waals surface area (Å²) < 4.78 is 0. The van der Waals surface area contributed by atoms with Crippen LogP contribution >= 0.6 is 0 Å². The molecule has 4 aromatic rings. The van der Waals surface area contributed by atoms with Gasteiger partial charge in [0.1, 0.15) is 12.1 Å². The molecule has 0 fully saturated rings. The third-order valence-corrected chi connectivity index (χ3v) is 6.45. The Bertz CT molecular complexity index is 1590. The molecule has 41 heavy (non-hydrogen) atoms. The lowest BCUT2D eigenvalue weighted by Crippen LogP contribution is -2.45. The molecule has 0 spiro atoms. The highest BCUT2D eigenvalue weighted by atomic mass is 16.4. The van der Waals surface area contributed by atoms with Crippen LogP contribution in [0.1, 0.15) is 29.3 Å². The van der Waals surface area contributed by atoms with Gasteiger partial charge in [0.15, 0.2) is 0 Å². The molecule has 11 heteroatoms. The fourth-order valence-electron chi connectivity index (χ4n) is 4.40. The molecule has 0 aliphatic carbocycles. The monoisotopic (exact) mass is 555 g/mol. The van der Waals surface area contributed by atoms with Crippen molar-refractivity contribution in [2.24, 2.45) is 5.73 Å². The van der Waals surface area contributed by atoms with Crippen molar-refractivity contribution in [2.75, 3.05) is 5.32 Å². The molecule has 0 bridgehead atoms. The summed E-state index contributed by atoms with van der Waals surface area (Å²) >= 11 is 0. The number of carbonyl (C=O) groups is 5. The number of fused-ring (bicyclic) bond motifs is 1. The Hall–Kier alpha value is -5.45. The summed E-state index contributed by atoms with van der Waals surface area (Å²) in [6.45, 7) is 1.37. The number of carbonyl (C=O) groups excluding carboxylic acids is 4. The molecule has 1 heterocycles. The summed E-state index contributed by atoms with van der Waals surface area (Å²) in [4.78, 5) is 62.9. The highest BCUT2D eigenvalue weighted by Crippen LogP contribution is 2.23. The lowest BCUT2D eigenvalue weighted by atomic mass is 10.0. The number of primary amides is 1. The molecule has 2 unspecified atom stereocenters. The number of nitrogens with two attached hydrogens (primary N) is 1. The summed E-state index contributed by atoms with van der Waals surface area (Å²) in [6.07, 6.45) is 1.53. The fourth-order valence-corrected chi connectivity index (χ4v) is 4.40. The van der Waals surface area contributed by atoms with E-state index >= 15 is 0 Å². The van der Waals surface area contributed by atoms with Crippen LogP contribution in [0.5, 0.6) is 0 Å². The molecule has 1 aromatic heterocycles. The van der Waals surface area contributed by atoms with Gasteiger partial charge in [-0.3, -0.25) is 24.0 Å². The molecule has 7 N–H and O–H groups in total. The highest BCUT2D eigenvalue weighted by Gasteiger charge is 2.23. The van der Waals surface area contributed by atoms with E-state index < -0.39 is 36.3 Å². The van der Waals surface area contributed by atoms with Gasteiger partial charge >= 0.3 is 5.97 Å². The minimum atomic E-state index is -1.32. The minimum absolute atomic E-state index is 0.230. The van der Waals surface area contributed by atoms with Gasteiger partial charge in [0.05, 0.1) is 6.42 Å².